The second-order valence-corrected chi connectivity index (χ2v) is 33.8. The van der Waals surface area contributed by atoms with Gasteiger partial charge >= 0.3 is 5.97 Å². The molecule has 376 valence electrons. The zero-order chi connectivity index (χ0) is 48.3. The number of hydrogen-bond acceptors (Lipinski definition) is 10. The van der Waals surface area contributed by atoms with Crippen LogP contribution in [0.2, 0.25) is 36.3 Å². The van der Waals surface area contributed by atoms with Gasteiger partial charge in [0.25, 0.3) is 0 Å². The highest BCUT2D eigenvalue weighted by Gasteiger charge is 2.68. The number of ketones is 1. The second-order valence-electron chi connectivity index (χ2n) is 24.4. The van der Waals surface area contributed by atoms with Gasteiger partial charge < -0.3 is 43.4 Å². The molecule has 0 saturated carbocycles. The molecule has 0 aromatic heterocycles. The van der Waals surface area contributed by atoms with E-state index in [1.54, 1.807) is 0 Å². The van der Waals surface area contributed by atoms with E-state index in [1.807, 2.05) is 6.08 Å². The normalized spacial score (nSPS) is 41.2. The van der Waals surface area contributed by atoms with E-state index in [4.69, 9.17) is 38.3 Å². The minimum absolute atomic E-state index is 0.0586. The SMILES string of the molecule is C=C1CCCC(=O)[C@@]2(C[C@H](C)[C@@H](C)CN)CCC(C(=O)O)=C[C@@H]2[C@@H]2O[C@]3(C[C@H]4CCC[C@@]5(CC[C@@]6(O[C@@H](CC[C@@]6(C)O[Si](CC)(CC)CC)C1)O5)O4)C[C@@H](C)[C@@H](O[Si](C)(C)C(C)(C)C)[C@H]2O3. The number of carbonyl (C=O) groups is 2. The zero-order valence-corrected chi connectivity index (χ0v) is 45.3. The first-order valence-electron chi connectivity index (χ1n) is 26.5. The van der Waals surface area contributed by atoms with Gasteiger partial charge in [-0.1, -0.05) is 80.5 Å². The number of hydrogen-bond donors (Lipinski definition) is 2. The van der Waals surface area contributed by atoms with Crippen LogP contribution in [0.1, 0.15) is 172 Å². The van der Waals surface area contributed by atoms with Gasteiger partial charge in [-0.25, -0.2) is 4.79 Å². The molecule has 3 N–H and O–H groups in total. The number of Topliss-reactive ketones (excluding diaryl/α,β-unsaturated/α-hetero) is 1. The van der Waals surface area contributed by atoms with E-state index in [9.17, 15) is 9.90 Å². The Morgan fingerprint density at radius 1 is 0.894 bits per heavy atom. The summed E-state index contributed by atoms with van der Waals surface area (Å²) in [5, 5.41) is 10.6. The smallest absolute Gasteiger partial charge is 0.331 e. The lowest BCUT2D eigenvalue weighted by Gasteiger charge is -2.55. The number of carbonyl (C=O) groups excluding carboxylic acids is 1. The van der Waals surface area contributed by atoms with E-state index < -0.39 is 69.1 Å². The standard InChI is InChI=1S/C53H91NO10Si2/c1-14-66(15-2,16-3)64-49(11)25-23-40-29-35(4)19-17-21-43(55)50(31-36(5)38(7)34-54)26-22-39(47(56)57)30-42(50)45-46-44(62-65(12,13)48(8,9)10)37(6)32-52(60-45,61-46)33-41-20-18-24-51(58-41)27-28-53(49,59-40)63-51/h30,36-38,40-42,44-46H,4,14-29,31-34,54H2,1-3,5-13H3,(H,56,57)/t36-,37+,38-,40-,41+,42+,44+,45-,46+,49+,50+,51+,52+,53+/m0/s1. The van der Waals surface area contributed by atoms with E-state index in [2.05, 4.69) is 88.9 Å². The first-order chi connectivity index (χ1) is 30.9. The van der Waals surface area contributed by atoms with Gasteiger partial charge in [-0.3, -0.25) is 4.79 Å². The first-order valence-corrected chi connectivity index (χ1v) is 31.9. The lowest BCUT2D eigenvalue weighted by atomic mass is 9.57. The molecule has 6 saturated heterocycles. The Labute approximate surface area is 401 Å². The molecule has 3 spiro atoms. The number of nitrogens with two attached hydrogens (primary N) is 1. The molecule has 66 heavy (non-hydrogen) atoms. The zero-order valence-electron chi connectivity index (χ0n) is 43.3. The lowest BCUT2D eigenvalue weighted by molar-refractivity contribution is -0.400. The van der Waals surface area contributed by atoms with Gasteiger partial charge in [-0.15, -0.1) is 0 Å². The van der Waals surface area contributed by atoms with Crippen molar-refractivity contribution in [2.75, 3.05) is 6.54 Å². The molecule has 6 heterocycles. The largest absolute Gasteiger partial charge is 0.478 e. The van der Waals surface area contributed by atoms with E-state index in [0.717, 1.165) is 55.8 Å². The maximum atomic E-state index is 15.5. The fourth-order valence-electron chi connectivity index (χ4n) is 13.3. The summed E-state index contributed by atoms with van der Waals surface area (Å²) in [6.45, 7) is 32.2. The van der Waals surface area contributed by atoms with Gasteiger partial charge in [0.15, 0.2) is 34.0 Å². The van der Waals surface area contributed by atoms with Crippen LogP contribution in [0, 0.1) is 29.1 Å². The maximum Gasteiger partial charge on any atom is 0.331 e. The predicted octanol–water partition coefficient (Wildman–Crippen LogP) is 11.7. The number of rotatable bonds is 12. The van der Waals surface area contributed by atoms with Crippen molar-refractivity contribution in [3.05, 3.63) is 23.8 Å². The topological polar surface area (TPSA) is 145 Å². The molecule has 0 amide bonds. The summed E-state index contributed by atoms with van der Waals surface area (Å²) in [6.07, 6.45) is 10.6. The van der Waals surface area contributed by atoms with Gasteiger partial charge in [-0.2, -0.15) is 0 Å². The van der Waals surface area contributed by atoms with Crippen molar-refractivity contribution in [1.82, 2.24) is 0 Å². The van der Waals surface area contributed by atoms with Crippen molar-refractivity contribution in [2.45, 2.75) is 262 Å². The van der Waals surface area contributed by atoms with Crippen LogP contribution >= 0.6 is 0 Å². The van der Waals surface area contributed by atoms with Crippen molar-refractivity contribution in [3.8, 4) is 0 Å². The van der Waals surface area contributed by atoms with E-state index in [1.165, 1.54) is 0 Å². The third-order valence-corrected chi connectivity index (χ3v) is 28.2. The quantitative estimate of drug-likeness (QED) is 0.142. The van der Waals surface area contributed by atoms with Crippen LogP contribution in [0.25, 0.3) is 0 Å². The number of carboxylic acid groups (broad SMARTS) is 1. The molecule has 0 unspecified atom stereocenters. The fraction of sp³-hybridized carbons (Fsp3) is 0.887. The molecule has 6 fully saturated rings. The highest BCUT2D eigenvalue weighted by atomic mass is 28.4. The molecule has 7 aliphatic rings. The van der Waals surface area contributed by atoms with E-state index in [0.29, 0.717) is 82.7 Å². The minimum atomic E-state index is -2.35. The molecule has 6 aliphatic heterocycles. The summed E-state index contributed by atoms with van der Waals surface area (Å²) < 4.78 is 52.1. The average molecular weight is 958 g/mol. The fourth-order valence-corrected chi connectivity index (χ4v) is 17.9. The molecular formula is C53H91NO10Si2. The Balaban J connectivity index is 1.33. The van der Waals surface area contributed by atoms with Crippen molar-refractivity contribution >= 4 is 28.4 Å². The molecule has 7 bridgehead atoms. The van der Waals surface area contributed by atoms with Crippen molar-refractivity contribution < 1.29 is 47.2 Å². The van der Waals surface area contributed by atoms with Crippen LogP contribution < -0.4 is 5.73 Å². The third kappa shape index (κ3) is 9.86. The summed E-state index contributed by atoms with van der Waals surface area (Å²) in [5.74, 6) is -3.81. The van der Waals surface area contributed by atoms with Crippen LogP contribution in [0.4, 0.5) is 0 Å². The van der Waals surface area contributed by atoms with Crippen LogP contribution in [0.3, 0.4) is 0 Å². The highest BCUT2D eigenvalue weighted by molar-refractivity contribution is 6.74. The molecule has 1 aliphatic carbocycles. The molecule has 14 atom stereocenters. The summed E-state index contributed by atoms with van der Waals surface area (Å²) in [7, 11) is -4.44. The number of carboxylic acids is 1. The maximum absolute atomic E-state index is 15.5. The summed E-state index contributed by atoms with van der Waals surface area (Å²) >= 11 is 0. The number of ether oxygens (including phenoxy) is 5. The van der Waals surface area contributed by atoms with Crippen LogP contribution in [-0.2, 0) is 42.1 Å². The first kappa shape index (κ1) is 52.6. The Morgan fingerprint density at radius 2 is 1.59 bits per heavy atom. The molecular weight excluding hydrogens is 867 g/mol. The lowest BCUT2D eigenvalue weighted by Crippen LogP contribution is -2.65. The second kappa shape index (κ2) is 19.4. The molecule has 13 heteroatoms. The van der Waals surface area contributed by atoms with Gasteiger partial charge in [0.05, 0.1) is 24.4 Å². The Bertz CT molecular complexity index is 1810. The van der Waals surface area contributed by atoms with Crippen molar-refractivity contribution in [3.63, 3.8) is 0 Å². The van der Waals surface area contributed by atoms with Gasteiger partial charge in [0, 0.05) is 55.4 Å². The van der Waals surface area contributed by atoms with Gasteiger partial charge in [0.2, 0.25) is 0 Å². The van der Waals surface area contributed by atoms with Gasteiger partial charge in [0.1, 0.15) is 17.5 Å². The van der Waals surface area contributed by atoms with E-state index >= 15 is 4.79 Å². The van der Waals surface area contributed by atoms with E-state index in [-0.39, 0.29) is 46.9 Å². The van der Waals surface area contributed by atoms with Crippen LogP contribution in [0.15, 0.2) is 23.8 Å². The Hall–Kier alpha value is -1.27. The Kier molecular flexibility index (Phi) is 15.4. The third-order valence-electron chi connectivity index (χ3n) is 19.0. The minimum Gasteiger partial charge on any atom is -0.478 e. The highest BCUT2D eigenvalue weighted by Crippen LogP contribution is 2.60. The number of fused-ring (bicyclic) bond motifs is 7. The molecule has 0 radical (unpaired) electrons. The molecule has 0 aromatic carbocycles. The van der Waals surface area contributed by atoms with Crippen molar-refractivity contribution in [2.24, 2.45) is 34.8 Å². The summed E-state index contributed by atoms with van der Waals surface area (Å²) in [6, 6.07) is 3.12. The molecule has 11 nitrogen and oxygen atoms in total. The molecule has 7 rings (SSSR count). The predicted molar refractivity (Wildman–Crippen MR) is 264 cm³/mol. The van der Waals surface area contributed by atoms with Crippen molar-refractivity contribution in [1.29, 1.82) is 0 Å². The van der Waals surface area contributed by atoms with Gasteiger partial charge in [-0.05, 0) is 132 Å². The Morgan fingerprint density at radius 3 is 2.24 bits per heavy atom. The molecule has 0 aromatic rings. The number of aliphatic carboxylic acids is 1. The monoisotopic (exact) mass is 958 g/mol. The summed E-state index contributed by atoms with van der Waals surface area (Å²) in [4.78, 5) is 28.5. The average Bonchev–Trinajstić information content (AvgIpc) is 3.76. The van der Waals surface area contributed by atoms with Crippen LogP contribution in [-0.4, -0.2) is 93.5 Å². The summed E-state index contributed by atoms with van der Waals surface area (Å²) in [5.41, 5.74) is 6.21. The van der Waals surface area contributed by atoms with Crippen LogP contribution in [0.5, 0.6) is 0 Å².